The first kappa shape index (κ1) is 18.2. The van der Waals surface area contributed by atoms with Crippen LogP contribution >= 0.6 is 11.3 Å². The molecule has 0 aliphatic heterocycles. The van der Waals surface area contributed by atoms with E-state index in [1.807, 2.05) is 36.4 Å². The van der Waals surface area contributed by atoms with Gasteiger partial charge in [-0.05, 0) is 29.0 Å². The second-order valence-electron chi connectivity index (χ2n) is 5.55. The van der Waals surface area contributed by atoms with Crippen molar-refractivity contribution < 1.29 is 19.1 Å². The highest BCUT2D eigenvalue weighted by molar-refractivity contribution is 7.20. The van der Waals surface area contributed by atoms with E-state index in [1.54, 1.807) is 6.07 Å². The standard InChI is InChI=1S/C18H16N4O4S/c19-16(24)13-8-15(27-17(13)22-18(20)25)21-14(23)9-26-12-6-5-10-3-1-2-4-11(10)7-12/h1-8H,9H2,(H2,19,24)(H,21,23)(H3,20,22,25). The van der Waals surface area contributed by atoms with Gasteiger partial charge in [0.2, 0.25) is 0 Å². The third-order valence-electron chi connectivity index (χ3n) is 3.59. The molecule has 8 nitrogen and oxygen atoms in total. The van der Waals surface area contributed by atoms with Crippen LogP contribution in [0.5, 0.6) is 5.75 Å². The monoisotopic (exact) mass is 384 g/mol. The normalized spacial score (nSPS) is 10.4. The molecule has 0 saturated carbocycles. The van der Waals surface area contributed by atoms with Crippen LogP contribution in [0.4, 0.5) is 14.8 Å². The predicted octanol–water partition coefficient (Wildman–Crippen LogP) is 2.51. The number of urea groups is 1. The molecule has 138 valence electrons. The lowest BCUT2D eigenvalue weighted by Gasteiger charge is -2.07. The van der Waals surface area contributed by atoms with Gasteiger partial charge in [-0.1, -0.05) is 41.7 Å². The summed E-state index contributed by atoms with van der Waals surface area (Å²) in [5.41, 5.74) is 10.4. The quantitative estimate of drug-likeness (QED) is 0.519. The fraction of sp³-hybridized carbons (Fsp3) is 0.0556. The molecule has 0 fully saturated rings. The van der Waals surface area contributed by atoms with Crippen LogP contribution < -0.4 is 26.8 Å². The molecule has 3 aromatic rings. The van der Waals surface area contributed by atoms with E-state index >= 15 is 0 Å². The SMILES string of the molecule is NC(=O)Nc1sc(NC(=O)COc2ccc3ccccc3c2)cc1C(N)=O. The summed E-state index contributed by atoms with van der Waals surface area (Å²) < 4.78 is 5.51. The molecular weight excluding hydrogens is 368 g/mol. The molecule has 0 spiro atoms. The van der Waals surface area contributed by atoms with E-state index in [0.29, 0.717) is 10.8 Å². The maximum absolute atomic E-state index is 12.1. The minimum absolute atomic E-state index is 0.0598. The van der Waals surface area contributed by atoms with E-state index in [2.05, 4.69) is 10.6 Å². The summed E-state index contributed by atoms with van der Waals surface area (Å²) in [4.78, 5) is 34.5. The number of ether oxygens (including phenoxy) is 1. The Balaban J connectivity index is 1.64. The Morgan fingerprint density at radius 1 is 0.963 bits per heavy atom. The summed E-state index contributed by atoms with van der Waals surface area (Å²) in [5.74, 6) is -0.613. The van der Waals surface area contributed by atoms with Crippen molar-refractivity contribution in [2.45, 2.75) is 0 Å². The smallest absolute Gasteiger partial charge is 0.317 e. The van der Waals surface area contributed by atoms with Gasteiger partial charge in [-0.15, -0.1) is 0 Å². The van der Waals surface area contributed by atoms with Gasteiger partial charge in [0.1, 0.15) is 10.8 Å². The predicted molar refractivity (Wildman–Crippen MR) is 104 cm³/mol. The van der Waals surface area contributed by atoms with E-state index in [9.17, 15) is 14.4 Å². The molecule has 0 atom stereocenters. The summed E-state index contributed by atoms with van der Waals surface area (Å²) in [6, 6.07) is 13.9. The Kier molecular flexibility index (Phi) is 5.23. The fourth-order valence-electron chi connectivity index (χ4n) is 2.42. The van der Waals surface area contributed by atoms with Crippen LogP contribution in [0.25, 0.3) is 10.8 Å². The van der Waals surface area contributed by atoms with Crippen molar-refractivity contribution in [1.29, 1.82) is 0 Å². The minimum atomic E-state index is -0.836. The highest BCUT2D eigenvalue weighted by Gasteiger charge is 2.16. The number of hydrogen-bond acceptors (Lipinski definition) is 5. The summed E-state index contributed by atoms with van der Waals surface area (Å²) in [6.07, 6.45) is 0. The maximum atomic E-state index is 12.1. The number of anilines is 2. The van der Waals surface area contributed by atoms with Crippen LogP contribution in [0.2, 0.25) is 0 Å². The lowest BCUT2D eigenvalue weighted by molar-refractivity contribution is -0.118. The van der Waals surface area contributed by atoms with Crippen LogP contribution in [-0.4, -0.2) is 24.5 Å². The van der Waals surface area contributed by atoms with E-state index < -0.39 is 17.8 Å². The highest BCUT2D eigenvalue weighted by Crippen LogP contribution is 2.32. The van der Waals surface area contributed by atoms with Crippen molar-refractivity contribution in [3.05, 3.63) is 54.1 Å². The van der Waals surface area contributed by atoms with Gasteiger partial charge < -0.3 is 21.5 Å². The summed E-state index contributed by atoms with van der Waals surface area (Å²) in [7, 11) is 0. The van der Waals surface area contributed by atoms with E-state index in [1.165, 1.54) is 6.07 Å². The van der Waals surface area contributed by atoms with Gasteiger partial charge in [-0.2, -0.15) is 0 Å². The first-order valence-corrected chi connectivity index (χ1v) is 8.65. The molecular formula is C18H16N4O4S. The molecule has 2 aromatic carbocycles. The zero-order chi connectivity index (χ0) is 19.4. The second kappa shape index (κ2) is 7.75. The zero-order valence-corrected chi connectivity index (χ0v) is 14.8. The number of amides is 4. The number of nitrogens with two attached hydrogens (primary N) is 2. The number of fused-ring (bicyclic) bond motifs is 1. The van der Waals surface area contributed by atoms with E-state index in [0.717, 1.165) is 22.1 Å². The topological polar surface area (TPSA) is 137 Å². The number of thiophene rings is 1. The zero-order valence-electron chi connectivity index (χ0n) is 14.0. The van der Waals surface area contributed by atoms with Crippen molar-refractivity contribution in [1.82, 2.24) is 0 Å². The Hall–Kier alpha value is -3.59. The van der Waals surface area contributed by atoms with Crippen LogP contribution in [-0.2, 0) is 4.79 Å². The van der Waals surface area contributed by atoms with E-state index in [-0.39, 0.29) is 17.2 Å². The van der Waals surface area contributed by atoms with Crippen LogP contribution in [0.15, 0.2) is 48.5 Å². The maximum Gasteiger partial charge on any atom is 0.317 e. The van der Waals surface area contributed by atoms with Crippen molar-refractivity contribution in [2.24, 2.45) is 11.5 Å². The van der Waals surface area contributed by atoms with Gasteiger partial charge >= 0.3 is 6.03 Å². The molecule has 6 N–H and O–H groups in total. The summed E-state index contributed by atoms with van der Waals surface area (Å²) >= 11 is 0.968. The molecule has 0 aliphatic carbocycles. The molecule has 0 unspecified atom stereocenters. The fourth-order valence-corrected chi connectivity index (χ4v) is 3.40. The molecule has 0 bridgehead atoms. The number of rotatable bonds is 6. The largest absolute Gasteiger partial charge is 0.484 e. The average molecular weight is 384 g/mol. The van der Waals surface area contributed by atoms with Gasteiger partial charge in [0.25, 0.3) is 11.8 Å². The third-order valence-corrected chi connectivity index (χ3v) is 4.55. The number of carbonyl (C=O) groups is 3. The van der Waals surface area contributed by atoms with Crippen LogP contribution in [0.1, 0.15) is 10.4 Å². The van der Waals surface area contributed by atoms with E-state index in [4.69, 9.17) is 16.2 Å². The molecule has 1 aromatic heterocycles. The number of benzene rings is 2. The number of carbonyl (C=O) groups excluding carboxylic acids is 3. The van der Waals surface area contributed by atoms with Gasteiger partial charge in [-0.25, -0.2) is 4.79 Å². The average Bonchev–Trinajstić information content (AvgIpc) is 3.01. The first-order chi connectivity index (χ1) is 12.9. The Morgan fingerprint density at radius 3 is 2.41 bits per heavy atom. The Morgan fingerprint density at radius 2 is 1.70 bits per heavy atom. The van der Waals surface area contributed by atoms with Gasteiger partial charge in [0.15, 0.2) is 6.61 Å². The van der Waals surface area contributed by atoms with Crippen LogP contribution in [0.3, 0.4) is 0 Å². The number of primary amides is 2. The molecule has 3 rings (SSSR count). The Labute approximate surface area is 158 Å². The van der Waals surface area contributed by atoms with Crippen LogP contribution in [0, 0.1) is 0 Å². The lowest BCUT2D eigenvalue weighted by Crippen LogP contribution is -2.21. The molecule has 0 radical (unpaired) electrons. The van der Waals surface area contributed by atoms with Gasteiger partial charge in [0, 0.05) is 0 Å². The Bertz CT molecular complexity index is 1030. The molecule has 9 heteroatoms. The number of hydrogen-bond donors (Lipinski definition) is 4. The van der Waals surface area contributed by atoms with Crippen molar-refractivity contribution in [3.63, 3.8) is 0 Å². The molecule has 4 amide bonds. The second-order valence-corrected chi connectivity index (χ2v) is 6.60. The highest BCUT2D eigenvalue weighted by atomic mass is 32.1. The summed E-state index contributed by atoms with van der Waals surface area (Å²) in [6.45, 7) is -0.222. The molecule has 0 aliphatic rings. The van der Waals surface area contributed by atoms with Gasteiger partial charge in [-0.3, -0.25) is 14.9 Å². The van der Waals surface area contributed by atoms with Crippen molar-refractivity contribution in [2.75, 3.05) is 17.2 Å². The lowest BCUT2D eigenvalue weighted by atomic mass is 10.1. The molecule has 27 heavy (non-hydrogen) atoms. The van der Waals surface area contributed by atoms with Gasteiger partial charge in [0.05, 0.1) is 10.6 Å². The summed E-state index contributed by atoms with van der Waals surface area (Å²) in [5, 5.41) is 7.46. The minimum Gasteiger partial charge on any atom is -0.484 e. The van der Waals surface area contributed by atoms with Crippen molar-refractivity contribution in [3.8, 4) is 5.75 Å². The molecule has 1 heterocycles. The number of nitrogens with one attached hydrogen (secondary N) is 2. The first-order valence-electron chi connectivity index (χ1n) is 7.84. The van der Waals surface area contributed by atoms with Crippen molar-refractivity contribution >= 4 is 50.0 Å². The molecule has 0 saturated heterocycles. The third kappa shape index (κ3) is 4.53.